The van der Waals surface area contributed by atoms with Crippen molar-refractivity contribution in [1.29, 1.82) is 0 Å². The van der Waals surface area contributed by atoms with E-state index >= 15 is 0 Å². The minimum absolute atomic E-state index is 0.100. The molecule has 0 spiro atoms. The predicted octanol–water partition coefficient (Wildman–Crippen LogP) is 2.21. The quantitative estimate of drug-likeness (QED) is 0.753. The van der Waals surface area contributed by atoms with Crippen LogP contribution in [0.4, 0.5) is 0 Å². The minimum Gasteiger partial charge on any atom is -0.463 e. The molecule has 1 N–H and O–H groups in total. The smallest absolute Gasteiger partial charge is 0.308 e. The average Bonchev–Trinajstić information content (AvgIpc) is 2.60. The van der Waals surface area contributed by atoms with Gasteiger partial charge in [0.2, 0.25) is 5.91 Å². The van der Waals surface area contributed by atoms with E-state index in [9.17, 15) is 9.59 Å². The third kappa shape index (κ3) is 6.42. The van der Waals surface area contributed by atoms with Crippen molar-refractivity contribution >= 4 is 11.9 Å². The Morgan fingerprint density at radius 1 is 1.31 bits per heavy atom. The first-order valence-corrected chi connectivity index (χ1v) is 9.20. The topological polar surface area (TPSA) is 67.9 Å². The van der Waals surface area contributed by atoms with Crippen molar-refractivity contribution in [2.45, 2.75) is 52.3 Å². The fraction of sp³-hybridized carbons (Fsp3) is 0.600. The monoisotopic (exact) mass is 362 g/mol. The second-order valence-electron chi connectivity index (χ2n) is 7.13. The molecule has 0 unspecified atom stereocenters. The molecule has 26 heavy (non-hydrogen) atoms. The van der Waals surface area contributed by atoms with E-state index in [-0.39, 0.29) is 37.0 Å². The number of hydrogen-bond donors (Lipinski definition) is 1. The summed E-state index contributed by atoms with van der Waals surface area (Å²) in [6.07, 6.45) is -0.00261. The molecular formula is C20H30N2O4. The summed E-state index contributed by atoms with van der Waals surface area (Å²) < 4.78 is 11.1. The maximum absolute atomic E-state index is 12.3. The van der Waals surface area contributed by atoms with Crippen LogP contribution in [-0.2, 0) is 19.1 Å². The van der Waals surface area contributed by atoms with Gasteiger partial charge in [0.1, 0.15) is 12.7 Å². The molecule has 6 nitrogen and oxygen atoms in total. The van der Waals surface area contributed by atoms with Gasteiger partial charge in [-0.2, -0.15) is 0 Å². The Balaban J connectivity index is 1.88. The molecule has 0 saturated carbocycles. The summed E-state index contributed by atoms with van der Waals surface area (Å²) in [5, 5.41) is 2.83. The molecule has 2 rings (SSSR count). The molecular weight excluding hydrogens is 332 g/mol. The third-order valence-electron chi connectivity index (χ3n) is 4.56. The van der Waals surface area contributed by atoms with Crippen LogP contribution in [-0.4, -0.2) is 55.2 Å². The standard InChI is InChI=1S/C20H30N2O4/c1-14(2)22-9-10-25-18(12-22)13-26-20(24)11-19(21-16(4)23)17-7-5-15(3)6-8-17/h5-8,14,18-19H,9-13H2,1-4H3,(H,21,23)/t18-,19+/m1/s1. The van der Waals surface area contributed by atoms with E-state index in [2.05, 4.69) is 24.1 Å². The van der Waals surface area contributed by atoms with Gasteiger partial charge in [-0.1, -0.05) is 29.8 Å². The number of aryl methyl sites for hydroxylation is 1. The van der Waals surface area contributed by atoms with E-state index in [4.69, 9.17) is 9.47 Å². The van der Waals surface area contributed by atoms with Crippen molar-refractivity contribution in [3.05, 3.63) is 35.4 Å². The van der Waals surface area contributed by atoms with Gasteiger partial charge < -0.3 is 14.8 Å². The molecule has 1 aliphatic heterocycles. The second-order valence-corrected chi connectivity index (χ2v) is 7.13. The highest BCUT2D eigenvalue weighted by molar-refractivity contribution is 5.76. The van der Waals surface area contributed by atoms with Gasteiger partial charge in [0.05, 0.1) is 19.1 Å². The Morgan fingerprint density at radius 2 is 2.00 bits per heavy atom. The van der Waals surface area contributed by atoms with Gasteiger partial charge in [-0.05, 0) is 26.3 Å². The van der Waals surface area contributed by atoms with Crippen LogP contribution in [0.1, 0.15) is 44.4 Å². The zero-order chi connectivity index (χ0) is 19.1. The lowest BCUT2D eigenvalue weighted by Crippen LogP contribution is -2.47. The molecule has 6 heteroatoms. The number of benzene rings is 1. The van der Waals surface area contributed by atoms with Crippen molar-refractivity contribution < 1.29 is 19.1 Å². The molecule has 144 valence electrons. The number of rotatable bonds is 7. The summed E-state index contributed by atoms with van der Waals surface area (Å²) >= 11 is 0. The van der Waals surface area contributed by atoms with E-state index in [0.29, 0.717) is 12.6 Å². The molecule has 0 aromatic heterocycles. The fourth-order valence-electron chi connectivity index (χ4n) is 3.02. The van der Waals surface area contributed by atoms with Gasteiger partial charge in [0.25, 0.3) is 0 Å². The number of nitrogens with one attached hydrogen (secondary N) is 1. The van der Waals surface area contributed by atoms with Crippen LogP contribution in [0.15, 0.2) is 24.3 Å². The number of carbonyl (C=O) groups excluding carboxylic acids is 2. The number of amides is 1. The lowest BCUT2D eigenvalue weighted by Gasteiger charge is -2.35. The summed E-state index contributed by atoms with van der Waals surface area (Å²) in [5.41, 5.74) is 2.02. The number of hydrogen-bond acceptors (Lipinski definition) is 5. The number of morpholine rings is 1. The van der Waals surface area contributed by atoms with E-state index in [1.54, 1.807) is 0 Å². The average molecular weight is 362 g/mol. The van der Waals surface area contributed by atoms with Gasteiger partial charge >= 0.3 is 5.97 Å². The molecule has 1 fully saturated rings. The number of carbonyl (C=O) groups is 2. The fourth-order valence-corrected chi connectivity index (χ4v) is 3.02. The summed E-state index contributed by atoms with van der Waals surface area (Å²) in [5.74, 6) is -0.513. The molecule has 2 atom stereocenters. The van der Waals surface area contributed by atoms with Gasteiger partial charge in [0.15, 0.2) is 0 Å². The Labute approximate surface area is 155 Å². The predicted molar refractivity (Wildman–Crippen MR) is 99.8 cm³/mol. The Kier molecular flexibility index (Phi) is 7.60. The highest BCUT2D eigenvalue weighted by Crippen LogP contribution is 2.19. The maximum atomic E-state index is 12.3. The van der Waals surface area contributed by atoms with Crippen molar-refractivity contribution in [1.82, 2.24) is 10.2 Å². The summed E-state index contributed by atoms with van der Waals surface area (Å²) in [4.78, 5) is 26.1. The molecule has 1 aromatic carbocycles. The van der Waals surface area contributed by atoms with E-state index in [1.807, 2.05) is 31.2 Å². The second kappa shape index (κ2) is 9.69. The highest BCUT2D eigenvalue weighted by atomic mass is 16.6. The maximum Gasteiger partial charge on any atom is 0.308 e. The zero-order valence-electron chi connectivity index (χ0n) is 16.2. The zero-order valence-corrected chi connectivity index (χ0v) is 16.2. The van der Waals surface area contributed by atoms with Crippen LogP contribution in [0.25, 0.3) is 0 Å². The molecule has 1 amide bonds. The van der Waals surface area contributed by atoms with E-state index in [0.717, 1.165) is 24.2 Å². The van der Waals surface area contributed by atoms with Crippen LogP contribution >= 0.6 is 0 Å². The van der Waals surface area contributed by atoms with Crippen LogP contribution in [0, 0.1) is 6.92 Å². The first kappa shape index (κ1) is 20.4. The number of nitrogens with zero attached hydrogens (tertiary/aromatic N) is 1. The van der Waals surface area contributed by atoms with Gasteiger partial charge in [-0.25, -0.2) is 0 Å². The molecule has 1 saturated heterocycles. The normalized spacial score (nSPS) is 19.2. The number of ether oxygens (including phenoxy) is 2. The SMILES string of the molecule is CC(=O)N[C@@H](CC(=O)OC[C@H]1CN(C(C)C)CCO1)c1ccc(C)cc1. The number of esters is 1. The summed E-state index contributed by atoms with van der Waals surface area (Å²) in [6, 6.07) is 7.84. The molecule has 1 aliphatic rings. The summed E-state index contributed by atoms with van der Waals surface area (Å²) in [6.45, 7) is 10.3. The van der Waals surface area contributed by atoms with Crippen LogP contribution in [0.2, 0.25) is 0 Å². The molecule has 0 radical (unpaired) electrons. The van der Waals surface area contributed by atoms with Crippen molar-refractivity contribution in [2.24, 2.45) is 0 Å². The molecule has 0 bridgehead atoms. The van der Waals surface area contributed by atoms with E-state index < -0.39 is 0 Å². The van der Waals surface area contributed by atoms with Crippen LogP contribution < -0.4 is 5.32 Å². The van der Waals surface area contributed by atoms with Crippen LogP contribution in [0.3, 0.4) is 0 Å². The van der Waals surface area contributed by atoms with Crippen molar-refractivity contribution in [3.63, 3.8) is 0 Å². The summed E-state index contributed by atoms with van der Waals surface area (Å²) in [7, 11) is 0. The van der Waals surface area contributed by atoms with Crippen molar-refractivity contribution in [2.75, 3.05) is 26.3 Å². The lowest BCUT2D eigenvalue weighted by atomic mass is 10.0. The Bertz CT molecular complexity index is 600. The largest absolute Gasteiger partial charge is 0.463 e. The minimum atomic E-state index is -0.389. The molecule has 1 heterocycles. The third-order valence-corrected chi connectivity index (χ3v) is 4.56. The highest BCUT2D eigenvalue weighted by Gasteiger charge is 2.24. The van der Waals surface area contributed by atoms with Gasteiger partial charge in [-0.3, -0.25) is 14.5 Å². The Morgan fingerprint density at radius 3 is 2.62 bits per heavy atom. The first-order chi connectivity index (χ1) is 12.3. The molecule has 1 aromatic rings. The first-order valence-electron chi connectivity index (χ1n) is 9.20. The van der Waals surface area contributed by atoms with Crippen molar-refractivity contribution in [3.8, 4) is 0 Å². The van der Waals surface area contributed by atoms with Crippen LogP contribution in [0.5, 0.6) is 0 Å². The molecule has 0 aliphatic carbocycles. The lowest BCUT2D eigenvalue weighted by molar-refractivity contribution is -0.151. The van der Waals surface area contributed by atoms with E-state index in [1.165, 1.54) is 6.92 Å². The van der Waals surface area contributed by atoms with Gasteiger partial charge in [0, 0.05) is 26.1 Å². The Hall–Kier alpha value is -1.92. The van der Waals surface area contributed by atoms with Gasteiger partial charge in [-0.15, -0.1) is 0 Å².